The molecule has 25 heavy (non-hydrogen) atoms. The quantitative estimate of drug-likeness (QED) is 0.477. The lowest BCUT2D eigenvalue weighted by Gasteiger charge is -2.13. The second kappa shape index (κ2) is 7.27. The van der Waals surface area contributed by atoms with Crippen LogP contribution in [0.15, 0.2) is 30.0 Å². The molecule has 1 fully saturated rings. The normalized spacial score (nSPS) is 15.2. The highest BCUT2D eigenvalue weighted by Crippen LogP contribution is 2.19. The first-order chi connectivity index (χ1) is 12.1. The second-order valence-corrected chi connectivity index (χ2v) is 6.28. The number of carbonyl (C=O) groups is 2. The van der Waals surface area contributed by atoms with Gasteiger partial charge in [0.15, 0.2) is 11.6 Å². The number of thioether (sulfide) groups is 1. The maximum atomic E-state index is 11.8. The number of carbonyl (C=O) groups excluding carboxylic acids is 2. The van der Waals surface area contributed by atoms with E-state index in [0.717, 1.165) is 17.3 Å². The summed E-state index contributed by atoms with van der Waals surface area (Å²) in [6, 6.07) is 9.05. The number of ether oxygens (including phenoxy) is 1. The van der Waals surface area contributed by atoms with Crippen molar-refractivity contribution >= 4 is 39.6 Å². The molecule has 0 atom stereocenters. The van der Waals surface area contributed by atoms with Gasteiger partial charge in [-0.2, -0.15) is 5.26 Å². The topological polar surface area (TPSA) is 119 Å². The van der Waals surface area contributed by atoms with Crippen molar-refractivity contribution in [2.75, 3.05) is 25.4 Å². The van der Waals surface area contributed by atoms with Gasteiger partial charge in [0, 0.05) is 12.3 Å². The van der Waals surface area contributed by atoms with E-state index in [0.29, 0.717) is 17.8 Å². The van der Waals surface area contributed by atoms with Crippen molar-refractivity contribution in [2.45, 2.75) is 0 Å². The van der Waals surface area contributed by atoms with Gasteiger partial charge in [-0.15, -0.1) is 0 Å². The average Bonchev–Trinajstić information content (AvgIpc) is 3.20. The zero-order chi connectivity index (χ0) is 17.8. The minimum atomic E-state index is -0.649. The lowest BCUT2D eigenvalue weighted by Crippen LogP contribution is -2.31. The van der Waals surface area contributed by atoms with Gasteiger partial charge in [-0.05, 0) is 12.1 Å². The van der Waals surface area contributed by atoms with Crippen molar-refractivity contribution < 1.29 is 19.4 Å². The molecule has 3 rings (SSSR count). The van der Waals surface area contributed by atoms with Gasteiger partial charge in [-0.3, -0.25) is 9.59 Å². The number of aromatic amines is 1. The van der Waals surface area contributed by atoms with Gasteiger partial charge in [-0.1, -0.05) is 23.9 Å². The SMILES string of the molecule is N#C/C(=C(/O)COC(=O)CN1CCSC1=O)c1nc2ccccc2[nH]1. The third kappa shape index (κ3) is 3.75. The summed E-state index contributed by atoms with van der Waals surface area (Å²) in [7, 11) is 0. The summed E-state index contributed by atoms with van der Waals surface area (Å²) in [5, 5.41) is 19.2. The number of amides is 1. The number of aliphatic hydroxyl groups is 1. The number of fused-ring (bicyclic) bond motifs is 1. The molecule has 128 valence electrons. The zero-order valence-electron chi connectivity index (χ0n) is 13.1. The van der Waals surface area contributed by atoms with Crippen LogP contribution in [-0.2, 0) is 9.53 Å². The van der Waals surface area contributed by atoms with Crippen LogP contribution in [0.5, 0.6) is 0 Å². The van der Waals surface area contributed by atoms with E-state index >= 15 is 0 Å². The maximum Gasteiger partial charge on any atom is 0.326 e. The number of allylic oxidation sites excluding steroid dienone is 1. The highest BCUT2D eigenvalue weighted by atomic mass is 32.2. The summed E-state index contributed by atoms with van der Waals surface area (Å²) >= 11 is 1.14. The fourth-order valence-electron chi connectivity index (χ4n) is 2.32. The third-order valence-corrected chi connectivity index (χ3v) is 4.45. The number of nitrogens with one attached hydrogen (secondary N) is 1. The molecule has 1 aliphatic heterocycles. The van der Waals surface area contributed by atoms with Crippen LogP contribution in [-0.4, -0.2) is 56.6 Å². The number of imidazole rings is 1. The van der Waals surface area contributed by atoms with Crippen molar-refractivity contribution in [1.29, 1.82) is 5.26 Å². The Bertz CT molecular complexity index is 866. The Kier molecular flexibility index (Phi) is 4.90. The van der Waals surface area contributed by atoms with Crippen LogP contribution < -0.4 is 0 Å². The smallest absolute Gasteiger partial charge is 0.326 e. The van der Waals surface area contributed by atoms with E-state index in [1.807, 2.05) is 18.2 Å². The number of esters is 1. The van der Waals surface area contributed by atoms with Crippen molar-refractivity contribution in [3.05, 3.63) is 35.8 Å². The van der Waals surface area contributed by atoms with Gasteiger partial charge >= 0.3 is 5.97 Å². The predicted molar refractivity (Wildman–Crippen MR) is 91.6 cm³/mol. The molecule has 0 bridgehead atoms. The van der Waals surface area contributed by atoms with Crippen molar-refractivity contribution in [2.24, 2.45) is 0 Å². The minimum absolute atomic E-state index is 0.100. The van der Waals surface area contributed by atoms with Gasteiger partial charge < -0.3 is 19.7 Å². The van der Waals surface area contributed by atoms with Gasteiger partial charge in [-0.25, -0.2) is 4.98 Å². The lowest BCUT2D eigenvalue weighted by atomic mass is 10.2. The van der Waals surface area contributed by atoms with Crippen LogP contribution in [0.2, 0.25) is 0 Å². The Hall–Kier alpha value is -2.99. The number of benzene rings is 1. The molecule has 0 unspecified atom stereocenters. The number of rotatable bonds is 5. The van der Waals surface area contributed by atoms with E-state index in [9.17, 15) is 20.0 Å². The molecule has 0 spiro atoms. The Morgan fingerprint density at radius 2 is 2.28 bits per heavy atom. The highest BCUT2D eigenvalue weighted by molar-refractivity contribution is 8.13. The third-order valence-electron chi connectivity index (χ3n) is 3.56. The number of H-pyrrole nitrogens is 1. The van der Waals surface area contributed by atoms with Gasteiger partial charge in [0.25, 0.3) is 5.24 Å². The van der Waals surface area contributed by atoms with Crippen LogP contribution in [0.25, 0.3) is 16.6 Å². The monoisotopic (exact) mass is 358 g/mol. The molecular formula is C16H14N4O4S. The molecule has 1 aliphatic rings. The summed E-state index contributed by atoms with van der Waals surface area (Å²) in [4.78, 5) is 31.7. The number of hydrogen-bond donors (Lipinski definition) is 2. The predicted octanol–water partition coefficient (Wildman–Crippen LogP) is 2.07. The summed E-state index contributed by atoms with van der Waals surface area (Å²) < 4.78 is 4.95. The van der Waals surface area contributed by atoms with Crippen LogP contribution in [0.3, 0.4) is 0 Å². The number of para-hydroxylation sites is 2. The highest BCUT2D eigenvalue weighted by Gasteiger charge is 2.24. The molecule has 2 aromatic rings. The lowest BCUT2D eigenvalue weighted by molar-refractivity contribution is -0.143. The Morgan fingerprint density at radius 1 is 1.48 bits per heavy atom. The number of aliphatic hydroxyl groups excluding tert-OH is 1. The van der Waals surface area contributed by atoms with E-state index in [1.54, 1.807) is 12.1 Å². The fraction of sp³-hybridized carbons (Fsp3) is 0.250. The van der Waals surface area contributed by atoms with Gasteiger partial charge in [0.05, 0.1) is 11.0 Å². The van der Waals surface area contributed by atoms with E-state index < -0.39 is 18.3 Å². The van der Waals surface area contributed by atoms with Crippen molar-refractivity contribution in [3.8, 4) is 6.07 Å². The van der Waals surface area contributed by atoms with Gasteiger partial charge in [0.2, 0.25) is 0 Å². The molecule has 0 radical (unpaired) electrons. The Labute approximate surface area is 147 Å². The molecule has 9 heteroatoms. The van der Waals surface area contributed by atoms with E-state index in [2.05, 4.69) is 9.97 Å². The molecular weight excluding hydrogens is 344 g/mol. The summed E-state index contributed by atoms with van der Waals surface area (Å²) in [6.45, 7) is -0.150. The molecule has 0 saturated carbocycles. The number of aromatic nitrogens is 2. The van der Waals surface area contributed by atoms with E-state index in [-0.39, 0.29) is 23.2 Å². The number of hydrogen-bond acceptors (Lipinski definition) is 7. The van der Waals surface area contributed by atoms with Crippen LogP contribution in [0.4, 0.5) is 4.79 Å². The first-order valence-corrected chi connectivity index (χ1v) is 8.41. The molecule has 0 aliphatic carbocycles. The van der Waals surface area contributed by atoms with Crippen LogP contribution in [0, 0.1) is 11.3 Å². The first kappa shape index (κ1) is 16.9. The summed E-state index contributed by atoms with van der Waals surface area (Å²) in [5.74, 6) is -0.216. The molecule has 2 N–H and O–H groups in total. The zero-order valence-corrected chi connectivity index (χ0v) is 13.9. The van der Waals surface area contributed by atoms with Crippen molar-refractivity contribution in [1.82, 2.24) is 14.9 Å². The Balaban J connectivity index is 1.68. The molecule has 1 aromatic heterocycles. The van der Waals surface area contributed by atoms with Crippen molar-refractivity contribution in [3.63, 3.8) is 0 Å². The minimum Gasteiger partial charge on any atom is -0.507 e. The van der Waals surface area contributed by atoms with Gasteiger partial charge in [0.1, 0.15) is 24.8 Å². The van der Waals surface area contributed by atoms with E-state index in [4.69, 9.17) is 4.74 Å². The molecule has 1 aromatic carbocycles. The maximum absolute atomic E-state index is 11.8. The van der Waals surface area contributed by atoms with Crippen LogP contribution in [0.1, 0.15) is 5.82 Å². The number of nitrogens with zero attached hydrogens (tertiary/aromatic N) is 3. The average molecular weight is 358 g/mol. The molecule has 1 saturated heterocycles. The molecule has 2 heterocycles. The number of nitriles is 1. The Morgan fingerprint density at radius 3 is 2.96 bits per heavy atom. The largest absolute Gasteiger partial charge is 0.507 e. The fourth-order valence-corrected chi connectivity index (χ4v) is 3.14. The summed E-state index contributed by atoms with van der Waals surface area (Å²) in [6.07, 6.45) is 0. The molecule has 8 nitrogen and oxygen atoms in total. The van der Waals surface area contributed by atoms with E-state index in [1.165, 1.54) is 4.90 Å². The summed E-state index contributed by atoms with van der Waals surface area (Å²) in [5.41, 5.74) is 1.27. The standard InChI is InChI=1S/C16H14N4O4S/c17-7-10(15-18-11-3-1-2-4-12(11)19-15)13(21)9-24-14(22)8-20-5-6-25-16(20)23/h1-4,21H,5-6,8-9H2,(H,18,19)/b13-10-. The second-order valence-electron chi connectivity index (χ2n) is 5.23. The first-order valence-electron chi connectivity index (χ1n) is 7.43. The molecule has 1 amide bonds. The van der Waals surface area contributed by atoms with Crippen LogP contribution >= 0.6 is 11.8 Å².